The van der Waals surface area contributed by atoms with Gasteiger partial charge in [0.25, 0.3) is 5.69 Å². The van der Waals surface area contributed by atoms with Crippen molar-refractivity contribution in [2.24, 2.45) is 12.8 Å². The number of hydrogen-bond acceptors (Lipinski definition) is 4. The molecule has 0 amide bonds. The second-order valence-electron chi connectivity index (χ2n) is 4.82. The normalized spacial score (nSPS) is 12.6. The molecule has 0 fully saturated rings. The van der Waals surface area contributed by atoms with Crippen molar-refractivity contribution in [3.8, 4) is 0 Å². The summed E-state index contributed by atoms with van der Waals surface area (Å²) in [6.07, 6.45) is 0.0375. The molecule has 112 valence electrons. The lowest BCUT2D eigenvalue weighted by Crippen LogP contribution is -2.32. The average Bonchev–Trinajstić information content (AvgIpc) is 2.64. The van der Waals surface area contributed by atoms with Crippen molar-refractivity contribution in [2.75, 3.05) is 0 Å². The molecule has 0 spiro atoms. The number of hydrogen-bond donors (Lipinski definition) is 2. The van der Waals surface area contributed by atoms with Crippen LogP contribution in [0.5, 0.6) is 0 Å². The Bertz CT molecular complexity index is 754. The smallest absolute Gasteiger partial charge is 0.320 e. The zero-order valence-electron chi connectivity index (χ0n) is 11.5. The van der Waals surface area contributed by atoms with Crippen LogP contribution in [-0.2, 0) is 18.3 Å². The highest BCUT2D eigenvalue weighted by Crippen LogP contribution is 2.37. The van der Waals surface area contributed by atoms with Crippen LogP contribution >= 0.6 is 15.9 Å². The van der Waals surface area contributed by atoms with Gasteiger partial charge < -0.3 is 15.4 Å². The maximum absolute atomic E-state index is 11.3. The van der Waals surface area contributed by atoms with Crippen molar-refractivity contribution in [2.45, 2.75) is 19.4 Å². The Morgan fingerprint density at radius 1 is 1.57 bits per heavy atom. The minimum atomic E-state index is -1.14. The number of rotatable bonds is 4. The third-order valence-corrected chi connectivity index (χ3v) is 4.26. The number of nitro groups is 1. The van der Waals surface area contributed by atoms with Gasteiger partial charge in [0.05, 0.1) is 15.8 Å². The summed E-state index contributed by atoms with van der Waals surface area (Å²) in [4.78, 5) is 21.8. The van der Waals surface area contributed by atoms with Crippen molar-refractivity contribution in [1.29, 1.82) is 0 Å². The molecule has 0 aliphatic heterocycles. The number of fused-ring (bicyclic) bond motifs is 1. The average molecular weight is 356 g/mol. The molecule has 7 nitrogen and oxygen atoms in total. The third-order valence-electron chi connectivity index (χ3n) is 3.62. The highest BCUT2D eigenvalue weighted by atomic mass is 79.9. The third kappa shape index (κ3) is 2.52. The van der Waals surface area contributed by atoms with Gasteiger partial charge in [-0.1, -0.05) is 0 Å². The summed E-state index contributed by atoms with van der Waals surface area (Å²) in [5.41, 5.74) is 7.56. The maximum atomic E-state index is 11.3. The van der Waals surface area contributed by atoms with Gasteiger partial charge in [0.15, 0.2) is 0 Å². The molecule has 2 aromatic rings. The van der Waals surface area contributed by atoms with Gasteiger partial charge in [-0.2, -0.15) is 0 Å². The molecule has 2 rings (SSSR count). The van der Waals surface area contributed by atoms with Crippen molar-refractivity contribution >= 4 is 38.5 Å². The molecule has 8 heteroatoms. The molecule has 1 aromatic heterocycles. The monoisotopic (exact) mass is 355 g/mol. The number of carboxylic acids is 1. The first kappa shape index (κ1) is 15.5. The standard InChI is InChI=1S/C13H14BrN3O4/c1-6-7(5-9(15)13(18)19)11-10(17(20)21)4-3-8(14)12(11)16(6)2/h3-4,9H,5,15H2,1-2H3,(H,18,19). The molecule has 21 heavy (non-hydrogen) atoms. The van der Waals surface area contributed by atoms with E-state index in [2.05, 4.69) is 15.9 Å². The lowest BCUT2D eigenvalue weighted by molar-refractivity contribution is -0.383. The second-order valence-corrected chi connectivity index (χ2v) is 5.67. The Kier molecular flexibility index (Phi) is 4.02. The Hall–Kier alpha value is -1.93. The Morgan fingerprint density at radius 3 is 2.71 bits per heavy atom. The zero-order valence-corrected chi connectivity index (χ0v) is 13.0. The molecule has 0 aliphatic carbocycles. The van der Waals surface area contributed by atoms with E-state index < -0.39 is 16.9 Å². The fourth-order valence-electron chi connectivity index (χ4n) is 2.44. The van der Waals surface area contributed by atoms with Gasteiger partial charge >= 0.3 is 5.97 Å². The minimum absolute atomic E-state index is 0.0375. The lowest BCUT2D eigenvalue weighted by Gasteiger charge is -2.07. The Morgan fingerprint density at radius 2 is 2.19 bits per heavy atom. The van der Waals surface area contributed by atoms with Gasteiger partial charge in [-0.25, -0.2) is 0 Å². The molecule has 0 saturated heterocycles. The highest BCUT2D eigenvalue weighted by Gasteiger charge is 2.25. The number of halogens is 1. The van der Waals surface area contributed by atoms with Crippen LogP contribution < -0.4 is 5.73 Å². The van der Waals surface area contributed by atoms with Crippen LogP contribution in [0, 0.1) is 17.0 Å². The predicted octanol–water partition coefficient (Wildman–Crippen LogP) is 2.11. The Labute approximate surface area is 128 Å². The SMILES string of the molecule is Cc1c(CC(N)C(=O)O)c2c([N+](=O)[O-])ccc(Br)c2n1C. The minimum Gasteiger partial charge on any atom is -0.480 e. The second kappa shape index (κ2) is 5.45. The number of nitrogens with zero attached hydrogens (tertiary/aromatic N) is 2. The van der Waals surface area contributed by atoms with Gasteiger partial charge in [-0.3, -0.25) is 14.9 Å². The van der Waals surface area contributed by atoms with E-state index in [0.717, 1.165) is 5.69 Å². The van der Waals surface area contributed by atoms with E-state index in [1.807, 2.05) is 0 Å². The molecule has 0 aliphatic rings. The summed E-state index contributed by atoms with van der Waals surface area (Å²) in [5, 5.41) is 20.7. The van der Waals surface area contributed by atoms with Crippen molar-refractivity contribution in [3.05, 3.63) is 38.0 Å². The van der Waals surface area contributed by atoms with Crippen LogP contribution in [0.15, 0.2) is 16.6 Å². The van der Waals surface area contributed by atoms with E-state index in [0.29, 0.717) is 20.9 Å². The summed E-state index contributed by atoms with van der Waals surface area (Å²) in [7, 11) is 1.78. The van der Waals surface area contributed by atoms with E-state index in [1.165, 1.54) is 6.07 Å². The van der Waals surface area contributed by atoms with Crippen LogP contribution in [0.4, 0.5) is 5.69 Å². The molecule has 0 bridgehead atoms. The quantitative estimate of drug-likeness (QED) is 0.644. The number of benzene rings is 1. The summed E-state index contributed by atoms with van der Waals surface area (Å²) >= 11 is 3.38. The van der Waals surface area contributed by atoms with Crippen LogP contribution in [0.1, 0.15) is 11.3 Å². The van der Waals surface area contributed by atoms with Crippen molar-refractivity contribution < 1.29 is 14.8 Å². The van der Waals surface area contributed by atoms with E-state index in [9.17, 15) is 14.9 Å². The Balaban J connectivity index is 2.80. The molecule has 0 saturated carbocycles. The highest BCUT2D eigenvalue weighted by molar-refractivity contribution is 9.10. The van der Waals surface area contributed by atoms with Crippen molar-refractivity contribution in [3.63, 3.8) is 0 Å². The number of nitrogens with two attached hydrogens (primary N) is 1. The number of aliphatic carboxylic acids is 1. The van der Waals surface area contributed by atoms with Crippen LogP contribution in [0.3, 0.4) is 0 Å². The lowest BCUT2D eigenvalue weighted by atomic mass is 10.0. The topological polar surface area (TPSA) is 111 Å². The number of aromatic nitrogens is 1. The molecular formula is C13H14BrN3O4. The number of carboxylic acid groups (broad SMARTS) is 1. The van der Waals surface area contributed by atoms with E-state index >= 15 is 0 Å². The number of nitro benzene ring substituents is 1. The molecule has 3 N–H and O–H groups in total. The maximum Gasteiger partial charge on any atom is 0.320 e. The van der Waals surface area contributed by atoms with E-state index in [-0.39, 0.29) is 12.1 Å². The summed E-state index contributed by atoms with van der Waals surface area (Å²) in [5.74, 6) is -1.14. The van der Waals surface area contributed by atoms with Crippen LogP contribution in [0.2, 0.25) is 0 Å². The molecule has 1 heterocycles. The van der Waals surface area contributed by atoms with Crippen LogP contribution in [0.25, 0.3) is 10.9 Å². The largest absolute Gasteiger partial charge is 0.480 e. The van der Waals surface area contributed by atoms with Gasteiger partial charge in [0.2, 0.25) is 0 Å². The number of aryl methyl sites for hydroxylation is 1. The van der Waals surface area contributed by atoms with Gasteiger partial charge in [-0.05, 0) is 34.5 Å². The van der Waals surface area contributed by atoms with Gasteiger partial charge in [0, 0.05) is 29.7 Å². The van der Waals surface area contributed by atoms with E-state index in [1.54, 1.807) is 24.6 Å². The van der Waals surface area contributed by atoms with Crippen molar-refractivity contribution in [1.82, 2.24) is 4.57 Å². The first-order chi connectivity index (χ1) is 9.75. The fourth-order valence-corrected chi connectivity index (χ4v) is 3.04. The first-order valence-electron chi connectivity index (χ1n) is 6.14. The molecule has 1 unspecified atom stereocenters. The fraction of sp³-hybridized carbons (Fsp3) is 0.308. The number of non-ortho nitro benzene ring substituents is 1. The predicted molar refractivity (Wildman–Crippen MR) is 81.3 cm³/mol. The molecule has 1 aromatic carbocycles. The first-order valence-corrected chi connectivity index (χ1v) is 6.94. The number of carbonyl (C=O) groups is 1. The molecular weight excluding hydrogens is 342 g/mol. The van der Waals surface area contributed by atoms with E-state index in [4.69, 9.17) is 10.8 Å². The van der Waals surface area contributed by atoms with Gasteiger partial charge in [-0.15, -0.1) is 0 Å². The van der Waals surface area contributed by atoms with Gasteiger partial charge in [0.1, 0.15) is 6.04 Å². The zero-order chi connectivity index (χ0) is 15.9. The summed E-state index contributed by atoms with van der Waals surface area (Å²) in [6, 6.07) is 1.91. The van der Waals surface area contributed by atoms with Crippen LogP contribution in [-0.4, -0.2) is 26.6 Å². The summed E-state index contributed by atoms with van der Waals surface area (Å²) < 4.78 is 2.51. The molecule has 1 atom stereocenters. The summed E-state index contributed by atoms with van der Waals surface area (Å²) in [6.45, 7) is 1.79. The molecule has 0 radical (unpaired) electrons.